The number of hydrogen-bond acceptors (Lipinski definition) is 6. The number of aliphatic hydroxyl groups excluding tert-OH is 1. The van der Waals surface area contributed by atoms with E-state index in [2.05, 4.69) is 13.2 Å². The van der Waals surface area contributed by atoms with E-state index in [9.17, 15) is 14.7 Å². The first-order valence-electron chi connectivity index (χ1n) is 9.24. The van der Waals surface area contributed by atoms with Crippen LogP contribution in [0.2, 0.25) is 0 Å². The lowest BCUT2D eigenvalue weighted by atomic mass is 9.53. The van der Waals surface area contributed by atoms with Crippen LogP contribution in [0.3, 0.4) is 0 Å². The number of carbonyl (C=O) groups is 2. The van der Waals surface area contributed by atoms with Gasteiger partial charge in [0.25, 0.3) is 0 Å². The van der Waals surface area contributed by atoms with Gasteiger partial charge in [0, 0.05) is 16.9 Å². The Bertz CT molecular complexity index is 713. The summed E-state index contributed by atoms with van der Waals surface area (Å²) in [7, 11) is 0. The third-order valence-corrected chi connectivity index (χ3v) is 7.09. The number of esters is 2. The first kappa shape index (κ1) is 17.7. The Kier molecular flexibility index (Phi) is 3.70. The van der Waals surface area contributed by atoms with Gasteiger partial charge in [0.05, 0.1) is 18.1 Å². The van der Waals surface area contributed by atoms with Gasteiger partial charge in [-0.3, -0.25) is 0 Å². The van der Waals surface area contributed by atoms with Gasteiger partial charge in [-0.05, 0) is 33.1 Å². The standard InChI is InChI=1S/C20H26O6/c1-9-6-7-13(21)19(4)8-12(24-18(23)20(5)11(3)26-20)14-10(2)17(22)25-16(14)15(9)19/h11-16,21H,1-2,6-8H2,3-5H3/t11-,12+,13+,14+,15+,16-,19-,20-/m0/s1. The van der Waals surface area contributed by atoms with Gasteiger partial charge in [0.1, 0.15) is 12.2 Å². The highest BCUT2D eigenvalue weighted by molar-refractivity contribution is 5.91. The molecule has 0 radical (unpaired) electrons. The van der Waals surface area contributed by atoms with Gasteiger partial charge >= 0.3 is 11.9 Å². The van der Waals surface area contributed by atoms with Gasteiger partial charge in [-0.2, -0.15) is 0 Å². The van der Waals surface area contributed by atoms with Gasteiger partial charge in [-0.25, -0.2) is 9.59 Å². The Hall–Kier alpha value is -1.66. The molecule has 2 aliphatic carbocycles. The fourth-order valence-corrected chi connectivity index (χ4v) is 5.15. The van der Waals surface area contributed by atoms with Crippen LogP contribution < -0.4 is 0 Å². The van der Waals surface area contributed by atoms with Crippen LogP contribution in [-0.2, 0) is 23.8 Å². The number of ether oxygens (including phenoxy) is 3. The molecule has 4 fully saturated rings. The van der Waals surface area contributed by atoms with Crippen molar-refractivity contribution in [2.45, 2.75) is 70.1 Å². The van der Waals surface area contributed by atoms with Crippen LogP contribution in [0.4, 0.5) is 0 Å². The molecule has 2 heterocycles. The molecule has 2 saturated carbocycles. The average Bonchev–Trinajstić information content (AvgIpc) is 3.07. The summed E-state index contributed by atoms with van der Waals surface area (Å²) in [6.45, 7) is 13.5. The molecule has 0 spiro atoms. The third kappa shape index (κ3) is 2.24. The molecule has 0 unspecified atom stereocenters. The van der Waals surface area contributed by atoms with Crippen LogP contribution in [0.1, 0.15) is 40.0 Å². The molecule has 2 aliphatic heterocycles. The molecule has 26 heavy (non-hydrogen) atoms. The number of carbonyl (C=O) groups excluding carboxylic acids is 2. The second kappa shape index (κ2) is 5.42. The van der Waals surface area contributed by atoms with Crippen molar-refractivity contribution in [2.24, 2.45) is 17.3 Å². The van der Waals surface area contributed by atoms with Crippen molar-refractivity contribution in [2.75, 3.05) is 0 Å². The zero-order valence-electron chi connectivity index (χ0n) is 15.5. The van der Waals surface area contributed by atoms with E-state index >= 15 is 0 Å². The van der Waals surface area contributed by atoms with E-state index in [-0.39, 0.29) is 12.0 Å². The van der Waals surface area contributed by atoms with Gasteiger partial charge in [-0.1, -0.05) is 25.7 Å². The smallest absolute Gasteiger partial charge is 0.341 e. The Labute approximate surface area is 153 Å². The highest BCUT2D eigenvalue weighted by Crippen LogP contribution is 2.58. The summed E-state index contributed by atoms with van der Waals surface area (Å²) in [5.74, 6) is -1.47. The zero-order valence-corrected chi connectivity index (χ0v) is 15.5. The van der Waals surface area contributed by atoms with Gasteiger partial charge < -0.3 is 19.3 Å². The number of aliphatic hydroxyl groups is 1. The molecule has 4 aliphatic rings. The Morgan fingerprint density at radius 2 is 2.00 bits per heavy atom. The fourth-order valence-electron chi connectivity index (χ4n) is 5.15. The fraction of sp³-hybridized carbons (Fsp3) is 0.700. The molecule has 0 aromatic heterocycles. The van der Waals surface area contributed by atoms with Crippen LogP contribution in [0, 0.1) is 17.3 Å². The van der Waals surface area contributed by atoms with Crippen molar-refractivity contribution in [1.29, 1.82) is 0 Å². The quantitative estimate of drug-likeness (QED) is 0.350. The van der Waals surface area contributed by atoms with Crippen LogP contribution in [-0.4, -0.2) is 47.1 Å². The van der Waals surface area contributed by atoms with Gasteiger partial charge in [0.2, 0.25) is 0 Å². The molecule has 2 saturated heterocycles. The van der Waals surface area contributed by atoms with Crippen molar-refractivity contribution in [3.8, 4) is 0 Å². The lowest BCUT2D eigenvalue weighted by Crippen LogP contribution is -2.58. The summed E-state index contributed by atoms with van der Waals surface area (Å²) in [5.41, 5.74) is -0.195. The topological polar surface area (TPSA) is 85.4 Å². The predicted molar refractivity (Wildman–Crippen MR) is 91.9 cm³/mol. The average molecular weight is 362 g/mol. The molecule has 4 rings (SSSR count). The van der Waals surface area contributed by atoms with Crippen LogP contribution in [0.5, 0.6) is 0 Å². The minimum absolute atomic E-state index is 0.166. The SMILES string of the molecule is C=C1C(=O)O[C@H]2[C@H]1[C@H](OC(=O)[C@@]1(C)O[C@H]1C)C[C@@]1(C)[C@H](O)CCC(=C)[C@H]21. The molecule has 142 valence electrons. The Balaban J connectivity index is 1.68. The maximum Gasteiger partial charge on any atom is 0.341 e. The molecule has 8 atom stereocenters. The molecule has 1 N–H and O–H groups in total. The van der Waals surface area contributed by atoms with Crippen molar-refractivity contribution in [3.63, 3.8) is 0 Å². The third-order valence-electron chi connectivity index (χ3n) is 7.09. The molecule has 6 heteroatoms. The van der Waals surface area contributed by atoms with Crippen LogP contribution in [0.25, 0.3) is 0 Å². The molecule has 0 bridgehead atoms. The maximum atomic E-state index is 12.6. The van der Waals surface area contributed by atoms with Gasteiger partial charge in [0.15, 0.2) is 5.60 Å². The molecular formula is C20H26O6. The summed E-state index contributed by atoms with van der Waals surface area (Å²) >= 11 is 0. The monoisotopic (exact) mass is 362 g/mol. The van der Waals surface area contributed by atoms with Crippen LogP contribution >= 0.6 is 0 Å². The summed E-state index contributed by atoms with van der Waals surface area (Å²) in [5, 5.41) is 10.7. The molecule has 0 aromatic rings. The maximum absolute atomic E-state index is 12.6. The minimum atomic E-state index is -0.938. The number of epoxide rings is 1. The van der Waals surface area contributed by atoms with E-state index in [1.165, 1.54) is 0 Å². The number of fused-ring (bicyclic) bond motifs is 3. The van der Waals surface area contributed by atoms with Crippen molar-refractivity contribution in [1.82, 2.24) is 0 Å². The largest absolute Gasteiger partial charge is 0.459 e. The van der Waals surface area contributed by atoms with Crippen LogP contribution in [0.15, 0.2) is 24.3 Å². The predicted octanol–water partition coefficient (Wildman–Crippen LogP) is 1.91. The number of rotatable bonds is 2. The molecule has 6 nitrogen and oxygen atoms in total. The first-order chi connectivity index (χ1) is 12.1. The first-order valence-corrected chi connectivity index (χ1v) is 9.24. The summed E-state index contributed by atoms with van der Waals surface area (Å²) in [4.78, 5) is 24.8. The highest BCUT2D eigenvalue weighted by Gasteiger charge is 2.64. The molecular weight excluding hydrogens is 336 g/mol. The Morgan fingerprint density at radius 1 is 1.35 bits per heavy atom. The van der Waals surface area contributed by atoms with E-state index in [1.807, 2.05) is 13.8 Å². The molecule has 0 aromatic carbocycles. The Morgan fingerprint density at radius 3 is 2.62 bits per heavy atom. The van der Waals surface area contributed by atoms with Gasteiger partial charge in [-0.15, -0.1) is 0 Å². The van der Waals surface area contributed by atoms with E-state index in [1.54, 1.807) is 6.92 Å². The zero-order chi connectivity index (χ0) is 19.0. The van der Waals surface area contributed by atoms with E-state index in [0.717, 1.165) is 5.57 Å². The lowest BCUT2D eigenvalue weighted by molar-refractivity contribution is -0.181. The van der Waals surface area contributed by atoms with Crippen molar-refractivity contribution in [3.05, 3.63) is 24.3 Å². The summed E-state index contributed by atoms with van der Waals surface area (Å²) in [6.07, 6.45) is -0.105. The summed E-state index contributed by atoms with van der Waals surface area (Å²) in [6, 6.07) is 0. The number of hydrogen-bond donors (Lipinski definition) is 1. The van der Waals surface area contributed by atoms with E-state index in [0.29, 0.717) is 24.8 Å². The van der Waals surface area contributed by atoms with E-state index < -0.39 is 47.2 Å². The van der Waals surface area contributed by atoms with Crippen molar-refractivity contribution < 1.29 is 28.9 Å². The normalized spacial score (nSPS) is 49.9. The van der Waals surface area contributed by atoms with Crippen molar-refractivity contribution >= 4 is 11.9 Å². The second-order valence-corrected chi connectivity index (χ2v) is 8.63. The minimum Gasteiger partial charge on any atom is -0.459 e. The van der Waals surface area contributed by atoms with E-state index in [4.69, 9.17) is 14.2 Å². The highest BCUT2D eigenvalue weighted by atomic mass is 16.7. The lowest BCUT2D eigenvalue weighted by Gasteiger charge is -2.54. The second-order valence-electron chi connectivity index (χ2n) is 8.63. The summed E-state index contributed by atoms with van der Waals surface area (Å²) < 4.78 is 16.8. The molecule has 0 amide bonds.